The highest BCUT2D eigenvalue weighted by atomic mass is 16.6. The summed E-state index contributed by atoms with van der Waals surface area (Å²) in [6, 6.07) is 0. The lowest BCUT2D eigenvalue weighted by molar-refractivity contribution is -0.166. The first-order chi connectivity index (χ1) is 10.9. The number of allylic oxidation sites excluding steroid dienone is 1. The van der Waals surface area contributed by atoms with Crippen LogP contribution in [0.25, 0.3) is 0 Å². The van der Waals surface area contributed by atoms with Crippen molar-refractivity contribution in [2.75, 3.05) is 19.8 Å². The molecule has 2 fully saturated rings. The number of carbonyl (C=O) groups is 2. The molecule has 0 aromatic carbocycles. The fourth-order valence-corrected chi connectivity index (χ4v) is 4.50. The number of rotatable bonds is 4. The molecule has 0 radical (unpaired) electrons. The van der Waals surface area contributed by atoms with Gasteiger partial charge in [0, 0.05) is 5.92 Å². The molecule has 0 aromatic heterocycles. The number of carbonyl (C=O) groups excluding carboxylic acids is 2. The van der Waals surface area contributed by atoms with E-state index in [0.29, 0.717) is 12.8 Å². The molecule has 2 aliphatic carbocycles. The lowest BCUT2D eigenvalue weighted by Gasteiger charge is -2.43. The molecule has 0 bridgehead atoms. The second-order valence-electron chi connectivity index (χ2n) is 7.13. The lowest BCUT2D eigenvalue weighted by atomic mass is 9.64. The molecule has 1 heterocycles. The van der Waals surface area contributed by atoms with Crippen molar-refractivity contribution in [3.63, 3.8) is 0 Å². The van der Waals surface area contributed by atoms with Crippen LogP contribution in [0.4, 0.5) is 0 Å². The van der Waals surface area contributed by atoms with E-state index in [2.05, 4.69) is 0 Å². The molecule has 1 saturated carbocycles. The molecule has 1 saturated heterocycles. The third kappa shape index (κ3) is 2.19. The third-order valence-electron chi connectivity index (χ3n) is 6.07. The van der Waals surface area contributed by atoms with E-state index in [1.54, 1.807) is 13.0 Å². The third-order valence-corrected chi connectivity index (χ3v) is 6.07. The Morgan fingerprint density at radius 2 is 2.13 bits per heavy atom. The van der Waals surface area contributed by atoms with E-state index in [9.17, 15) is 14.7 Å². The Labute approximate surface area is 135 Å². The predicted molar refractivity (Wildman–Crippen MR) is 80.4 cm³/mol. The van der Waals surface area contributed by atoms with Crippen LogP contribution < -0.4 is 0 Å². The summed E-state index contributed by atoms with van der Waals surface area (Å²) >= 11 is 0. The quantitative estimate of drug-likeness (QED) is 0.576. The van der Waals surface area contributed by atoms with Crippen molar-refractivity contribution in [1.82, 2.24) is 0 Å². The van der Waals surface area contributed by atoms with Crippen molar-refractivity contribution < 1.29 is 29.3 Å². The average Bonchev–Trinajstić information content (AvgIpc) is 2.94. The number of hydrogen-bond acceptors (Lipinski definition) is 6. The second-order valence-corrected chi connectivity index (χ2v) is 7.13. The number of esters is 1. The summed E-state index contributed by atoms with van der Waals surface area (Å²) in [5.74, 6) is -1.28. The molecule has 3 aliphatic rings. The molecule has 0 aromatic rings. The van der Waals surface area contributed by atoms with Crippen LogP contribution in [0.3, 0.4) is 0 Å². The smallest absolute Gasteiger partial charge is 0.312 e. The standard InChI is InChI=1S/C17H24O6/c1-10-3-4-11-12(9-22-8-7-18)15(20)23-14(11)16(2)13(19)5-6-17(10,16)21/h5-6,10-12,14,18,21H,3-4,7-9H2,1-2H3/t10-,11-,12?,14+,16-,17+/m0/s1. The van der Waals surface area contributed by atoms with Gasteiger partial charge in [-0.2, -0.15) is 0 Å². The van der Waals surface area contributed by atoms with Crippen LogP contribution in [-0.2, 0) is 19.1 Å². The molecule has 23 heavy (non-hydrogen) atoms. The summed E-state index contributed by atoms with van der Waals surface area (Å²) in [7, 11) is 0. The van der Waals surface area contributed by atoms with Crippen molar-refractivity contribution in [2.24, 2.45) is 23.2 Å². The number of hydrogen-bond donors (Lipinski definition) is 2. The molecule has 1 aliphatic heterocycles. The molecule has 0 spiro atoms. The second kappa shape index (κ2) is 5.69. The van der Waals surface area contributed by atoms with Gasteiger partial charge in [-0.3, -0.25) is 9.59 Å². The van der Waals surface area contributed by atoms with Gasteiger partial charge in [0.15, 0.2) is 5.78 Å². The van der Waals surface area contributed by atoms with Crippen molar-refractivity contribution in [3.8, 4) is 0 Å². The Bertz CT molecular complexity index is 543. The summed E-state index contributed by atoms with van der Waals surface area (Å²) in [5, 5.41) is 20.0. The molecule has 6 nitrogen and oxygen atoms in total. The normalized spacial score (nSPS) is 45.6. The summed E-state index contributed by atoms with van der Waals surface area (Å²) < 4.78 is 10.9. The molecule has 6 heteroatoms. The van der Waals surface area contributed by atoms with Gasteiger partial charge < -0.3 is 19.7 Å². The van der Waals surface area contributed by atoms with Crippen LogP contribution in [0.1, 0.15) is 26.7 Å². The zero-order valence-electron chi connectivity index (χ0n) is 13.5. The van der Waals surface area contributed by atoms with Gasteiger partial charge in [-0.25, -0.2) is 0 Å². The van der Waals surface area contributed by atoms with Gasteiger partial charge in [0.1, 0.15) is 11.7 Å². The van der Waals surface area contributed by atoms with Gasteiger partial charge in [-0.1, -0.05) is 6.92 Å². The van der Waals surface area contributed by atoms with E-state index in [1.165, 1.54) is 6.08 Å². The van der Waals surface area contributed by atoms with Crippen molar-refractivity contribution in [1.29, 1.82) is 0 Å². The monoisotopic (exact) mass is 324 g/mol. The highest BCUT2D eigenvalue weighted by molar-refractivity contribution is 6.00. The topological polar surface area (TPSA) is 93.1 Å². The molecular weight excluding hydrogens is 300 g/mol. The molecule has 0 amide bonds. The molecule has 3 rings (SSSR count). The molecule has 6 atom stereocenters. The number of fused-ring (bicyclic) bond motifs is 3. The maximum absolute atomic E-state index is 12.5. The average molecular weight is 324 g/mol. The summed E-state index contributed by atoms with van der Waals surface area (Å²) in [6.07, 6.45) is 3.76. The van der Waals surface area contributed by atoms with Gasteiger partial charge in [-0.05, 0) is 37.8 Å². The Morgan fingerprint density at radius 1 is 1.39 bits per heavy atom. The summed E-state index contributed by atoms with van der Waals surface area (Å²) in [4.78, 5) is 24.8. The first kappa shape index (κ1) is 16.6. The molecule has 128 valence electrons. The van der Waals surface area contributed by atoms with Gasteiger partial charge in [0.25, 0.3) is 0 Å². The fraction of sp³-hybridized carbons (Fsp3) is 0.765. The van der Waals surface area contributed by atoms with E-state index in [4.69, 9.17) is 14.6 Å². The van der Waals surface area contributed by atoms with Crippen molar-refractivity contribution >= 4 is 11.8 Å². The van der Waals surface area contributed by atoms with E-state index in [-0.39, 0.29) is 43.4 Å². The minimum absolute atomic E-state index is 0.0986. The van der Waals surface area contributed by atoms with Crippen LogP contribution in [-0.4, -0.2) is 53.5 Å². The van der Waals surface area contributed by atoms with Crippen molar-refractivity contribution in [3.05, 3.63) is 12.2 Å². The van der Waals surface area contributed by atoms with Gasteiger partial charge in [-0.15, -0.1) is 0 Å². The Balaban J connectivity index is 1.93. The molecular formula is C17H24O6. The van der Waals surface area contributed by atoms with Crippen LogP contribution in [0.15, 0.2) is 12.2 Å². The zero-order valence-corrected chi connectivity index (χ0v) is 13.5. The minimum atomic E-state index is -1.29. The molecule has 2 N–H and O–H groups in total. The maximum Gasteiger partial charge on any atom is 0.312 e. The zero-order chi connectivity index (χ0) is 16.8. The number of aliphatic hydroxyl groups excluding tert-OH is 1. The predicted octanol–water partition coefficient (Wildman–Crippen LogP) is 0.459. The number of ketones is 1. The van der Waals surface area contributed by atoms with E-state index in [0.717, 1.165) is 0 Å². The number of ether oxygens (including phenoxy) is 2. The van der Waals surface area contributed by atoms with E-state index in [1.807, 2.05) is 6.92 Å². The van der Waals surface area contributed by atoms with Gasteiger partial charge in [0.2, 0.25) is 0 Å². The van der Waals surface area contributed by atoms with Crippen LogP contribution in [0.2, 0.25) is 0 Å². The largest absolute Gasteiger partial charge is 0.461 e. The first-order valence-corrected chi connectivity index (χ1v) is 8.21. The van der Waals surface area contributed by atoms with E-state index < -0.39 is 23.0 Å². The molecule has 1 unspecified atom stereocenters. The van der Waals surface area contributed by atoms with Crippen molar-refractivity contribution in [2.45, 2.75) is 38.4 Å². The minimum Gasteiger partial charge on any atom is -0.461 e. The fourth-order valence-electron chi connectivity index (χ4n) is 4.50. The Hall–Kier alpha value is -1.24. The van der Waals surface area contributed by atoms with Crippen LogP contribution in [0, 0.1) is 23.2 Å². The summed E-state index contributed by atoms with van der Waals surface area (Å²) in [6.45, 7) is 3.87. The van der Waals surface area contributed by atoms with Crippen LogP contribution in [0.5, 0.6) is 0 Å². The highest BCUT2D eigenvalue weighted by Crippen LogP contribution is 2.56. The summed E-state index contributed by atoms with van der Waals surface area (Å²) in [5.41, 5.74) is -2.43. The Morgan fingerprint density at radius 3 is 2.83 bits per heavy atom. The maximum atomic E-state index is 12.5. The highest BCUT2D eigenvalue weighted by Gasteiger charge is 2.67. The SMILES string of the molecule is C[C@H]1CC[C@H]2C(COCCO)C(=O)O[C@H]2[C@]2(C)C(=O)C=C[C@@]12O. The van der Waals surface area contributed by atoms with Crippen LogP contribution >= 0.6 is 0 Å². The van der Waals surface area contributed by atoms with Gasteiger partial charge in [0.05, 0.1) is 31.2 Å². The lowest BCUT2D eigenvalue weighted by Crippen LogP contribution is -2.56. The van der Waals surface area contributed by atoms with E-state index >= 15 is 0 Å². The van der Waals surface area contributed by atoms with Gasteiger partial charge >= 0.3 is 5.97 Å². The Kier molecular flexibility index (Phi) is 4.11. The first-order valence-electron chi connectivity index (χ1n) is 8.21. The number of aliphatic hydroxyl groups is 2.